The van der Waals surface area contributed by atoms with E-state index in [1.54, 1.807) is 30.7 Å². The van der Waals surface area contributed by atoms with Crippen molar-refractivity contribution in [2.75, 3.05) is 18.0 Å². The van der Waals surface area contributed by atoms with E-state index in [4.69, 9.17) is 11.6 Å². The molecule has 1 spiro atoms. The predicted octanol–water partition coefficient (Wildman–Crippen LogP) is 4.51. The van der Waals surface area contributed by atoms with Gasteiger partial charge in [0.25, 0.3) is 0 Å². The van der Waals surface area contributed by atoms with Crippen molar-refractivity contribution >= 4 is 17.4 Å². The largest absolute Gasteiger partial charge is 0.406 e. The van der Waals surface area contributed by atoms with Crippen LogP contribution in [-0.4, -0.2) is 54.4 Å². The van der Waals surface area contributed by atoms with Crippen LogP contribution in [0.3, 0.4) is 0 Å². The average Bonchev–Trinajstić information content (AvgIpc) is 3.52. The van der Waals surface area contributed by atoms with Crippen molar-refractivity contribution in [1.82, 2.24) is 29.6 Å². The van der Waals surface area contributed by atoms with Gasteiger partial charge in [-0.15, -0.1) is 10.2 Å². The van der Waals surface area contributed by atoms with Crippen LogP contribution in [0.4, 0.5) is 19.0 Å². The summed E-state index contributed by atoms with van der Waals surface area (Å²) in [7, 11) is 0. The van der Waals surface area contributed by atoms with E-state index in [0.29, 0.717) is 10.8 Å². The Balaban J connectivity index is 1.18. The zero-order valence-electron chi connectivity index (χ0n) is 18.8. The Kier molecular flexibility index (Phi) is 4.41. The monoisotopic (exact) mass is 501 g/mol. The molecule has 35 heavy (non-hydrogen) atoms. The summed E-state index contributed by atoms with van der Waals surface area (Å²) in [6, 6.07) is 5.45. The molecule has 0 amide bonds. The lowest BCUT2D eigenvalue weighted by Gasteiger charge is -2.59. The van der Waals surface area contributed by atoms with Crippen molar-refractivity contribution in [3.05, 3.63) is 59.0 Å². The second kappa shape index (κ2) is 7.16. The van der Waals surface area contributed by atoms with E-state index in [1.807, 2.05) is 10.6 Å². The first-order valence-electron chi connectivity index (χ1n) is 11.8. The number of rotatable bonds is 3. The summed E-state index contributed by atoms with van der Waals surface area (Å²) in [6.45, 7) is 2.14. The highest BCUT2D eigenvalue weighted by Gasteiger charge is 2.67. The van der Waals surface area contributed by atoms with Crippen LogP contribution < -0.4 is 4.90 Å². The van der Waals surface area contributed by atoms with Gasteiger partial charge in [-0.2, -0.15) is 13.2 Å². The number of aromatic nitrogens is 5. The van der Waals surface area contributed by atoms with Gasteiger partial charge >= 0.3 is 6.18 Å². The number of fused-ring (bicyclic) bond motifs is 3. The van der Waals surface area contributed by atoms with E-state index in [2.05, 4.69) is 25.1 Å². The van der Waals surface area contributed by atoms with Crippen LogP contribution in [0.25, 0.3) is 5.69 Å². The molecule has 0 radical (unpaired) electrons. The van der Waals surface area contributed by atoms with Crippen LogP contribution in [0.15, 0.2) is 36.8 Å². The minimum atomic E-state index is -4.29. The molecular formula is C24H23ClF3N7. The Morgan fingerprint density at radius 1 is 1.03 bits per heavy atom. The van der Waals surface area contributed by atoms with Gasteiger partial charge in [-0.3, -0.25) is 14.5 Å². The van der Waals surface area contributed by atoms with Gasteiger partial charge in [-0.1, -0.05) is 11.6 Å². The molecule has 182 valence electrons. The summed E-state index contributed by atoms with van der Waals surface area (Å²) in [5.41, 5.74) is 0.0482. The van der Waals surface area contributed by atoms with Gasteiger partial charge in [0.15, 0.2) is 5.82 Å². The minimum Gasteiger partial charge on any atom is -0.354 e. The van der Waals surface area contributed by atoms with E-state index in [1.165, 1.54) is 4.90 Å². The van der Waals surface area contributed by atoms with Crippen molar-refractivity contribution in [3.8, 4) is 5.69 Å². The minimum absolute atomic E-state index is 0.108. The van der Waals surface area contributed by atoms with Gasteiger partial charge < -0.3 is 4.90 Å². The number of nitrogens with zero attached hydrogens (tertiary/aromatic N) is 7. The van der Waals surface area contributed by atoms with E-state index in [9.17, 15) is 13.2 Å². The summed E-state index contributed by atoms with van der Waals surface area (Å²) in [4.78, 5) is 12.3. The number of hydrogen-bond acceptors (Lipinski definition) is 6. The standard InChI is InChI=1S/C24H23ClF3N7/c25-17-1-2-18-15(7-17)11-34(23(3-4-23)24(26,27)28)12-20-31-32-21(35(18)20)16-8-22(9-16)13-33(14-22)19-10-29-5-6-30-19/h1-2,5-7,10,16H,3-4,8-9,11-14H2. The maximum atomic E-state index is 14.0. The lowest BCUT2D eigenvalue weighted by Crippen LogP contribution is -2.62. The number of alkyl halides is 3. The summed E-state index contributed by atoms with van der Waals surface area (Å²) in [5, 5.41) is 9.44. The van der Waals surface area contributed by atoms with E-state index < -0.39 is 11.7 Å². The third-order valence-electron chi connectivity index (χ3n) is 8.24. The van der Waals surface area contributed by atoms with Gasteiger partial charge in [0, 0.05) is 48.4 Å². The lowest BCUT2D eigenvalue weighted by molar-refractivity contribution is -0.200. The Morgan fingerprint density at radius 2 is 1.83 bits per heavy atom. The quantitative estimate of drug-likeness (QED) is 0.526. The predicted molar refractivity (Wildman–Crippen MR) is 122 cm³/mol. The molecule has 0 unspecified atom stereocenters. The molecule has 3 aromatic rings. The van der Waals surface area contributed by atoms with Gasteiger partial charge in [0.05, 0.1) is 18.4 Å². The fourth-order valence-electron chi connectivity index (χ4n) is 6.30. The first-order valence-corrected chi connectivity index (χ1v) is 12.2. The van der Waals surface area contributed by atoms with E-state index in [0.717, 1.165) is 48.8 Å². The molecule has 3 fully saturated rings. The van der Waals surface area contributed by atoms with E-state index >= 15 is 0 Å². The number of anilines is 1. The summed E-state index contributed by atoms with van der Waals surface area (Å²) in [5.74, 6) is 2.51. The fourth-order valence-corrected chi connectivity index (χ4v) is 6.49. The van der Waals surface area contributed by atoms with Crippen LogP contribution in [0.5, 0.6) is 0 Å². The van der Waals surface area contributed by atoms with Crippen LogP contribution in [0, 0.1) is 5.41 Å². The third-order valence-corrected chi connectivity index (χ3v) is 8.47. The Bertz CT molecular complexity index is 1290. The molecule has 7 nitrogen and oxygen atoms in total. The van der Waals surface area contributed by atoms with Gasteiger partial charge in [-0.05, 0) is 49.4 Å². The van der Waals surface area contributed by atoms with Crippen molar-refractivity contribution in [3.63, 3.8) is 0 Å². The molecule has 0 atom stereocenters. The van der Waals surface area contributed by atoms with Crippen LogP contribution >= 0.6 is 11.6 Å². The van der Waals surface area contributed by atoms with Crippen LogP contribution in [0.1, 0.15) is 48.8 Å². The highest BCUT2D eigenvalue weighted by molar-refractivity contribution is 6.30. The van der Waals surface area contributed by atoms with Gasteiger partial charge in [0.1, 0.15) is 17.2 Å². The smallest absolute Gasteiger partial charge is 0.354 e. The van der Waals surface area contributed by atoms with Gasteiger partial charge in [0.2, 0.25) is 0 Å². The first kappa shape index (κ1) is 21.6. The Hall–Kier alpha value is -2.72. The molecule has 2 saturated carbocycles. The molecule has 0 bridgehead atoms. The molecule has 4 heterocycles. The zero-order chi connectivity index (χ0) is 24.0. The molecule has 2 aromatic heterocycles. The number of halogens is 4. The molecule has 1 saturated heterocycles. The molecule has 7 rings (SSSR count). The highest BCUT2D eigenvalue weighted by atomic mass is 35.5. The van der Waals surface area contributed by atoms with Crippen molar-refractivity contribution in [1.29, 1.82) is 0 Å². The second-order valence-corrected chi connectivity index (χ2v) is 10.9. The summed E-state index contributed by atoms with van der Waals surface area (Å²) < 4.78 is 44.0. The molecule has 1 aromatic carbocycles. The summed E-state index contributed by atoms with van der Waals surface area (Å²) >= 11 is 6.27. The van der Waals surface area contributed by atoms with E-state index in [-0.39, 0.29) is 37.3 Å². The second-order valence-electron chi connectivity index (χ2n) is 10.5. The van der Waals surface area contributed by atoms with Gasteiger partial charge in [-0.25, -0.2) is 4.98 Å². The van der Waals surface area contributed by atoms with Crippen molar-refractivity contribution in [2.24, 2.45) is 5.41 Å². The first-order chi connectivity index (χ1) is 16.8. The topological polar surface area (TPSA) is 63.0 Å². The van der Waals surface area contributed by atoms with Crippen LogP contribution in [-0.2, 0) is 13.1 Å². The number of hydrogen-bond donors (Lipinski definition) is 0. The molecule has 0 N–H and O–H groups in total. The third kappa shape index (κ3) is 3.22. The zero-order valence-corrected chi connectivity index (χ0v) is 19.6. The van der Waals surface area contributed by atoms with Crippen molar-refractivity contribution in [2.45, 2.75) is 56.4 Å². The lowest BCUT2D eigenvalue weighted by atomic mass is 9.57. The molecule has 4 aliphatic rings. The normalized spacial score (nSPS) is 22.7. The fraction of sp³-hybridized carbons (Fsp3) is 0.500. The van der Waals surface area contributed by atoms with Crippen molar-refractivity contribution < 1.29 is 13.2 Å². The molecule has 11 heteroatoms. The SMILES string of the molecule is FC(F)(F)C1(N2Cc3cc(Cl)ccc3-n3c(nnc3C3CC4(C3)CN(c3cnccn3)C4)C2)CC1. The maximum absolute atomic E-state index is 14.0. The van der Waals surface area contributed by atoms with Crippen LogP contribution in [0.2, 0.25) is 5.02 Å². The molecule has 2 aliphatic heterocycles. The summed E-state index contributed by atoms with van der Waals surface area (Å²) in [6.07, 6.45) is 3.03. The highest BCUT2D eigenvalue weighted by Crippen LogP contribution is 2.58. The Labute approximate surface area is 204 Å². The maximum Gasteiger partial charge on any atom is 0.406 e. The average molecular weight is 502 g/mol. The Morgan fingerprint density at radius 3 is 2.51 bits per heavy atom. The molecular weight excluding hydrogens is 479 g/mol. The molecule has 2 aliphatic carbocycles. The number of benzene rings is 1.